The number of aliphatic hydroxyl groups excluding tert-OH is 1. The molecule has 1 amide bonds. The Labute approximate surface area is 157 Å². The van der Waals surface area contributed by atoms with E-state index in [2.05, 4.69) is 5.32 Å². The molecule has 8 heteroatoms. The molecule has 2 rings (SSSR count). The molecule has 2 aromatic rings. The van der Waals surface area contributed by atoms with Gasteiger partial charge in [0.05, 0.1) is 23.3 Å². The molecule has 0 aromatic heterocycles. The average molecular weight is 395 g/mol. The average Bonchev–Trinajstić information content (AvgIpc) is 2.63. The summed E-state index contributed by atoms with van der Waals surface area (Å²) in [6.07, 6.45) is 0. The Kier molecular flexibility index (Phi) is 6.56. The van der Waals surface area contributed by atoms with Gasteiger partial charge in [0.25, 0.3) is 5.91 Å². The van der Waals surface area contributed by atoms with Crippen LogP contribution in [0.5, 0.6) is 5.75 Å². The van der Waals surface area contributed by atoms with Crippen LogP contribution in [0, 0.1) is 18.7 Å². The van der Waals surface area contributed by atoms with Gasteiger partial charge in [-0.2, -0.15) is 0 Å². The number of aliphatic hydroxyl groups is 1. The first-order valence-electron chi connectivity index (χ1n) is 8.27. The molecular formula is C19H22FNO5S. The summed E-state index contributed by atoms with van der Waals surface area (Å²) in [6.45, 7) is 2.93. The molecular weight excluding hydrogens is 373 g/mol. The highest BCUT2D eigenvalue weighted by Gasteiger charge is 2.22. The van der Waals surface area contributed by atoms with Crippen molar-refractivity contribution in [3.8, 4) is 5.75 Å². The van der Waals surface area contributed by atoms with Gasteiger partial charge in [0.2, 0.25) is 0 Å². The maximum Gasteiger partial charge on any atom is 0.259 e. The van der Waals surface area contributed by atoms with Crippen LogP contribution >= 0.6 is 0 Å². The molecule has 0 saturated heterocycles. The molecule has 1 atom stereocenters. The smallest absolute Gasteiger partial charge is 0.259 e. The van der Waals surface area contributed by atoms with Gasteiger partial charge in [-0.1, -0.05) is 6.92 Å². The SMILES string of the molecule is COc1ccc(S(=O)(=O)CC(C)CO)cc1C(=O)Nc1ccc(F)c(C)c1. The summed E-state index contributed by atoms with van der Waals surface area (Å²) in [5, 5.41) is 11.7. The van der Waals surface area contributed by atoms with E-state index in [0.717, 1.165) is 0 Å². The van der Waals surface area contributed by atoms with Gasteiger partial charge < -0.3 is 15.2 Å². The Morgan fingerprint density at radius 1 is 1.26 bits per heavy atom. The zero-order valence-electron chi connectivity index (χ0n) is 15.3. The summed E-state index contributed by atoms with van der Waals surface area (Å²) in [5.41, 5.74) is 0.786. The fourth-order valence-corrected chi connectivity index (χ4v) is 4.12. The first-order valence-corrected chi connectivity index (χ1v) is 9.92. The largest absolute Gasteiger partial charge is 0.496 e. The van der Waals surface area contributed by atoms with Crippen LogP contribution < -0.4 is 10.1 Å². The van der Waals surface area contributed by atoms with Crippen LogP contribution in [0.15, 0.2) is 41.3 Å². The van der Waals surface area contributed by atoms with E-state index in [-0.39, 0.29) is 28.6 Å². The van der Waals surface area contributed by atoms with E-state index in [9.17, 15) is 17.6 Å². The molecule has 27 heavy (non-hydrogen) atoms. The standard InChI is InChI=1S/C19H22FNO5S/c1-12(10-22)11-27(24,25)15-5-7-18(26-3)16(9-15)19(23)21-14-4-6-17(20)13(2)8-14/h4-9,12,22H,10-11H2,1-3H3,(H,21,23). The number of hydrogen-bond donors (Lipinski definition) is 2. The van der Waals surface area contributed by atoms with E-state index in [1.807, 2.05) is 0 Å². The molecule has 0 radical (unpaired) electrons. The highest BCUT2D eigenvalue weighted by molar-refractivity contribution is 7.91. The quantitative estimate of drug-likeness (QED) is 0.752. The fraction of sp³-hybridized carbons (Fsp3) is 0.316. The lowest BCUT2D eigenvalue weighted by Crippen LogP contribution is -2.18. The van der Waals surface area contributed by atoms with Gasteiger partial charge in [-0.25, -0.2) is 12.8 Å². The Hall–Kier alpha value is -2.45. The highest BCUT2D eigenvalue weighted by Crippen LogP contribution is 2.25. The van der Waals surface area contributed by atoms with E-state index in [1.54, 1.807) is 13.8 Å². The van der Waals surface area contributed by atoms with Gasteiger partial charge in [-0.15, -0.1) is 0 Å². The van der Waals surface area contributed by atoms with Crippen LogP contribution in [0.1, 0.15) is 22.8 Å². The summed E-state index contributed by atoms with van der Waals surface area (Å²) in [4.78, 5) is 12.6. The molecule has 2 aromatic carbocycles. The normalized spacial score (nSPS) is 12.5. The molecule has 0 spiro atoms. The van der Waals surface area contributed by atoms with E-state index in [4.69, 9.17) is 9.84 Å². The second kappa shape index (κ2) is 8.49. The number of halogens is 1. The number of carbonyl (C=O) groups excluding carboxylic acids is 1. The summed E-state index contributed by atoms with van der Waals surface area (Å²) in [7, 11) is -2.31. The Bertz CT molecular complexity index is 943. The predicted molar refractivity (Wildman–Crippen MR) is 100 cm³/mol. The summed E-state index contributed by atoms with van der Waals surface area (Å²) in [5.74, 6) is -1.44. The summed E-state index contributed by atoms with van der Waals surface area (Å²) in [6, 6.07) is 8.13. The van der Waals surface area contributed by atoms with Crippen molar-refractivity contribution in [2.24, 2.45) is 5.92 Å². The Balaban J connectivity index is 2.36. The second-order valence-corrected chi connectivity index (χ2v) is 8.38. The first-order chi connectivity index (χ1) is 12.7. The molecule has 0 aliphatic rings. The van der Waals surface area contributed by atoms with Gasteiger partial charge in [0.15, 0.2) is 9.84 Å². The van der Waals surface area contributed by atoms with Gasteiger partial charge in [0.1, 0.15) is 11.6 Å². The topological polar surface area (TPSA) is 92.7 Å². The molecule has 6 nitrogen and oxygen atoms in total. The van der Waals surface area contributed by atoms with Gasteiger partial charge in [-0.3, -0.25) is 4.79 Å². The number of ether oxygens (including phenoxy) is 1. The van der Waals surface area contributed by atoms with Crippen LogP contribution in [0.2, 0.25) is 0 Å². The lowest BCUT2D eigenvalue weighted by molar-refractivity contribution is 0.102. The number of methoxy groups -OCH3 is 1. The number of benzene rings is 2. The van der Waals surface area contributed by atoms with Crippen molar-refractivity contribution in [1.29, 1.82) is 0 Å². The zero-order chi connectivity index (χ0) is 20.2. The molecule has 0 aliphatic heterocycles. The van der Waals surface area contributed by atoms with Crippen molar-refractivity contribution >= 4 is 21.4 Å². The number of rotatable bonds is 7. The molecule has 2 N–H and O–H groups in total. The number of aryl methyl sites for hydroxylation is 1. The fourth-order valence-electron chi connectivity index (χ4n) is 2.50. The van der Waals surface area contributed by atoms with Crippen molar-refractivity contribution in [1.82, 2.24) is 0 Å². The van der Waals surface area contributed by atoms with Crippen LogP contribution in [-0.2, 0) is 9.84 Å². The minimum atomic E-state index is -3.68. The monoisotopic (exact) mass is 395 g/mol. The molecule has 0 saturated carbocycles. The third kappa shape index (κ3) is 5.05. The Morgan fingerprint density at radius 3 is 2.56 bits per heavy atom. The molecule has 0 heterocycles. The second-order valence-electron chi connectivity index (χ2n) is 6.35. The predicted octanol–water partition coefficient (Wildman–Crippen LogP) is 2.80. The number of nitrogens with one attached hydrogen (secondary N) is 1. The van der Waals surface area contributed by atoms with Crippen LogP contribution in [0.4, 0.5) is 10.1 Å². The van der Waals surface area contributed by atoms with Crippen LogP contribution in [0.3, 0.4) is 0 Å². The number of hydrogen-bond acceptors (Lipinski definition) is 5. The molecule has 0 aliphatic carbocycles. The zero-order valence-corrected chi connectivity index (χ0v) is 16.1. The molecule has 1 unspecified atom stereocenters. The van der Waals surface area contributed by atoms with Crippen LogP contribution in [-0.4, -0.2) is 38.9 Å². The molecule has 146 valence electrons. The van der Waals surface area contributed by atoms with Gasteiger partial charge in [0, 0.05) is 12.3 Å². The van der Waals surface area contributed by atoms with Gasteiger partial charge in [-0.05, 0) is 54.8 Å². The van der Waals surface area contributed by atoms with Crippen molar-refractivity contribution < 1.29 is 27.4 Å². The van der Waals surface area contributed by atoms with Crippen LogP contribution in [0.25, 0.3) is 0 Å². The minimum Gasteiger partial charge on any atom is -0.496 e. The van der Waals surface area contributed by atoms with E-state index in [0.29, 0.717) is 11.3 Å². The van der Waals surface area contributed by atoms with E-state index < -0.39 is 27.5 Å². The minimum absolute atomic E-state index is 0.0379. The van der Waals surface area contributed by atoms with Crippen molar-refractivity contribution in [3.05, 3.63) is 53.3 Å². The lowest BCUT2D eigenvalue weighted by atomic mass is 10.1. The highest BCUT2D eigenvalue weighted by atomic mass is 32.2. The number of anilines is 1. The number of carbonyl (C=O) groups is 1. The Morgan fingerprint density at radius 2 is 1.96 bits per heavy atom. The van der Waals surface area contributed by atoms with E-state index >= 15 is 0 Å². The van der Waals surface area contributed by atoms with E-state index in [1.165, 1.54) is 43.5 Å². The molecule has 0 fully saturated rings. The maximum atomic E-state index is 13.4. The maximum absolute atomic E-state index is 13.4. The molecule has 0 bridgehead atoms. The van der Waals surface area contributed by atoms with Crippen molar-refractivity contribution in [2.75, 3.05) is 24.8 Å². The van der Waals surface area contributed by atoms with Gasteiger partial charge >= 0.3 is 0 Å². The first kappa shape index (κ1) is 20.9. The van der Waals surface area contributed by atoms with Crippen molar-refractivity contribution in [2.45, 2.75) is 18.7 Å². The third-order valence-electron chi connectivity index (χ3n) is 4.01. The van der Waals surface area contributed by atoms with Crippen molar-refractivity contribution in [3.63, 3.8) is 0 Å². The summed E-state index contributed by atoms with van der Waals surface area (Å²) >= 11 is 0. The number of amides is 1. The summed E-state index contributed by atoms with van der Waals surface area (Å²) < 4.78 is 43.5. The number of sulfone groups is 1. The third-order valence-corrected chi connectivity index (χ3v) is 5.99. The lowest BCUT2D eigenvalue weighted by Gasteiger charge is -2.13.